The summed E-state index contributed by atoms with van der Waals surface area (Å²) < 4.78 is 5.72. The van der Waals surface area contributed by atoms with E-state index in [0.717, 1.165) is 47.8 Å². The molecule has 0 aliphatic carbocycles. The van der Waals surface area contributed by atoms with Crippen molar-refractivity contribution in [3.8, 4) is 10.8 Å². The fraction of sp³-hybridized carbons (Fsp3) is 0.600. The first-order valence-electron chi connectivity index (χ1n) is 9.42. The highest BCUT2D eigenvalue weighted by molar-refractivity contribution is 7.13. The van der Waals surface area contributed by atoms with Crippen LogP contribution in [0.2, 0.25) is 0 Å². The zero-order valence-electron chi connectivity index (χ0n) is 16.1. The minimum Gasteiger partial charge on any atom is -0.440 e. The molecule has 26 heavy (non-hydrogen) atoms. The van der Waals surface area contributed by atoms with Crippen LogP contribution in [0.5, 0.6) is 0 Å². The normalized spacial score (nSPS) is 22.3. The topological polar surface area (TPSA) is 58.4 Å². The molecule has 0 bridgehead atoms. The van der Waals surface area contributed by atoms with Crippen molar-refractivity contribution in [1.29, 1.82) is 0 Å². The molecule has 2 aromatic rings. The highest BCUT2D eigenvalue weighted by Crippen LogP contribution is 2.26. The Morgan fingerprint density at radius 3 is 2.81 bits per heavy atom. The average Bonchev–Trinajstić information content (AvgIpc) is 3.16. The number of amides is 1. The molecule has 3 atom stereocenters. The van der Waals surface area contributed by atoms with Crippen LogP contribution >= 0.6 is 11.3 Å². The van der Waals surface area contributed by atoms with Crippen LogP contribution in [0.4, 0.5) is 0 Å². The minimum atomic E-state index is 0.00439. The van der Waals surface area contributed by atoms with Crippen molar-refractivity contribution < 1.29 is 9.21 Å². The van der Waals surface area contributed by atoms with Gasteiger partial charge in [-0.2, -0.15) is 0 Å². The summed E-state index contributed by atoms with van der Waals surface area (Å²) in [6.07, 6.45) is 1.56. The number of hydrogen-bond acceptors (Lipinski definition) is 5. The molecule has 1 fully saturated rings. The maximum atomic E-state index is 12.4. The molecule has 1 aliphatic rings. The number of likely N-dealkylation sites (tertiary alicyclic amines) is 1. The smallest absolute Gasteiger partial charge is 0.236 e. The molecule has 3 unspecified atom stereocenters. The number of carbonyl (C=O) groups is 1. The second-order valence-electron chi connectivity index (χ2n) is 7.81. The number of thiophene rings is 1. The first-order chi connectivity index (χ1) is 12.4. The van der Waals surface area contributed by atoms with E-state index in [1.807, 2.05) is 24.4 Å². The summed E-state index contributed by atoms with van der Waals surface area (Å²) in [5.74, 6) is 2.79. The zero-order chi connectivity index (χ0) is 18.7. The Labute approximate surface area is 159 Å². The largest absolute Gasteiger partial charge is 0.440 e. The predicted molar refractivity (Wildman–Crippen MR) is 105 cm³/mol. The Bertz CT molecular complexity index is 716. The van der Waals surface area contributed by atoms with Crippen LogP contribution in [0.1, 0.15) is 38.6 Å². The van der Waals surface area contributed by atoms with Gasteiger partial charge < -0.3 is 14.6 Å². The Balaban J connectivity index is 1.52. The number of oxazole rings is 1. The lowest BCUT2D eigenvalue weighted by Crippen LogP contribution is -2.47. The fourth-order valence-electron chi connectivity index (χ4n) is 3.95. The van der Waals surface area contributed by atoms with Gasteiger partial charge in [0.05, 0.1) is 17.0 Å². The van der Waals surface area contributed by atoms with E-state index in [4.69, 9.17) is 4.42 Å². The van der Waals surface area contributed by atoms with Crippen LogP contribution in [0.15, 0.2) is 21.9 Å². The van der Waals surface area contributed by atoms with Gasteiger partial charge in [0.2, 0.25) is 11.8 Å². The molecular weight excluding hydrogens is 346 g/mol. The van der Waals surface area contributed by atoms with Crippen molar-refractivity contribution in [3.63, 3.8) is 0 Å². The maximum Gasteiger partial charge on any atom is 0.236 e. The van der Waals surface area contributed by atoms with Gasteiger partial charge in [0.15, 0.2) is 0 Å². The number of hydrogen-bond donors (Lipinski definition) is 1. The molecule has 0 spiro atoms. The highest BCUT2D eigenvalue weighted by Gasteiger charge is 2.23. The first-order valence-corrected chi connectivity index (χ1v) is 10.3. The average molecular weight is 376 g/mol. The van der Waals surface area contributed by atoms with Gasteiger partial charge in [0.25, 0.3) is 0 Å². The van der Waals surface area contributed by atoms with Gasteiger partial charge in [-0.15, -0.1) is 11.3 Å². The summed E-state index contributed by atoms with van der Waals surface area (Å²) in [6.45, 7) is 11.7. The third-order valence-electron chi connectivity index (χ3n) is 4.84. The summed E-state index contributed by atoms with van der Waals surface area (Å²) in [5.41, 5.74) is 0.721. The van der Waals surface area contributed by atoms with E-state index >= 15 is 0 Å². The molecule has 0 aromatic carbocycles. The summed E-state index contributed by atoms with van der Waals surface area (Å²) in [4.78, 5) is 20.4. The van der Waals surface area contributed by atoms with Crippen LogP contribution in [-0.4, -0.2) is 41.5 Å². The number of aromatic nitrogens is 1. The van der Waals surface area contributed by atoms with E-state index in [0.29, 0.717) is 5.89 Å². The van der Waals surface area contributed by atoms with Crippen molar-refractivity contribution in [2.24, 2.45) is 11.8 Å². The second kappa shape index (κ2) is 8.35. The van der Waals surface area contributed by atoms with E-state index in [9.17, 15) is 4.79 Å². The molecule has 6 heteroatoms. The van der Waals surface area contributed by atoms with Crippen molar-refractivity contribution in [2.75, 3.05) is 19.6 Å². The van der Waals surface area contributed by atoms with E-state index in [1.165, 1.54) is 6.42 Å². The number of nitrogens with zero attached hydrogens (tertiary/aromatic N) is 2. The van der Waals surface area contributed by atoms with Crippen molar-refractivity contribution >= 4 is 17.2 Å². The number of rotatable bonds is 6. The van der Waals surface area contributed by atoms with Gasteiger partial charge in [-0.3, -0.25) is 4.79 Å². The van der Waals surface area contributed by atoms with Gasteiger partial charge in [0, 0.05) is 25.7 Å². The quantitative estimate of drug-likeness (QED) is 0.836. The molecule has 1 N–H and O–H groups in total. The Hall–Kier alpha value is -1.66. The lowest BCUT2D eigenvalue weighted by molar-refractivity contribution is -0.121. The number of nitrogens with one attached hydrogen (secondary N) is 1. The fourth-order valence-corrected chi connectivity index (χ4v) is 4.60. The molecule has 0 radical (unpaired) electrons. The molecule has 142 valence electrons. The molecule has 1 aliphatic heterocycles. The van der Waals surface area contributed by atoms with Crippen molar-refractivity contribution in [1.82, 2.24) is 15.2 Å². The van der Waals surface area contributed by atoms with Crippen molar-refractivity contribution in [3.05, 3.63) is 29.0 Å². The third-order valence-corrected chi connectivity index (χ3v) is 5.69. The molecule has 3 rings (SSSR count). The van der Waals surface area contributed by atoms with Gasteiger partial charge >= 0.3 is 0 Å². The molecule has 3 heterocycles. The van der Waals surface area contributed by atoms with Gasteiger partial charge in [-0.1, -0.05) is 19.9 Å². The molecule has 1 amide bonds. The Morgan fingerprint density at radius 1 is 1.42 bits per heavy atom. The van der Waals surface area contributed by atoms with E-state index in [1.54, 1.807) is 11.3 Å². The van der Waals surface area contributed by atoms with E-state index < -0.39 is 0 Å². The molecule has 0 saturated carbocycles. The van der Waals surface area contributed by atoms with Gasteiger partial charge in [-0.25, -0.2) is 4.98 Å². The molecule has 5 nitrogen and oxygen atoms in total. The van der Waals surface area contributed by atoms with Crippen LogP contribution in [-0.2, 0) is 11.2 Å². The lowest BCUT2D eigenvalue weighted by atomic mass is 9.92. The predicted octanol–water partition coefficient (Wildman–Crippen LogP) is 3.74. The molecule has 2 aromatic heterocycles. The zero-order valence-corrected chi connectivity index (χ0v) is 16.9. The molecular formula is C20H29N3O2S. The number of aryl methyl sites for hydroxylation is 1. The van der Waals surface area contributed by atoms with Gasteiger partial charge in [-0.05, 0) is 43.6 Å². The Morgan fingerprint density at radius 2 is 2.15 bits per heavy atom. The summed E-state index contributed by atoms with van der Waals surface area (Å²) in [5, 5.41) is 5.11. The second-order valence-corrected chi connectivity index (χ2v) is 8.76. The third kappa shape index (κ3) is 4.95. The van der Waals surface area contributed by atoms with Crippen LogP contribution in [0.3, 0.4) is 0 Å². The first kappa shape index (κ1) is 19.1. The highest BCUT2D eigenvalue weighted by atomic mass is 32.1. The monoisotopic (exact) mass is 375 g/mol. The van der Waals surface area contributed by atoms with Crippen LogP contribution in [0.25, 0.3) is 10.8 Å². The SMILES string of the molecule is Cc1oc(-c2cccs2)nc1CC(=O)NC(C)CN1CC(C)CC(C)C1. The van der Waals surface area contributed by atoms with Crippen LogP contribution < -0.4 is 5.32 Å². The van der Waals surface area contributed by atoms with E-state index in [-0.39, 0.29) is 18.4 Å². The Kier molecular flexibility index (Phi) is 6.14. The summed E-state index contributed by atoms with van der Waals surface area (Å²) >= 11 is 1.58. The van der Waals surface area contributed by atoms with Crippen LogP contribution in [0, 0.1) is 18.8 Å². The summed E-state index contributed by atoms with van der Waals surface area (Å²) in [7, 11) is 0. The molecule has 1 saturated heterocycles. The van der Waals surface area contributed by atoms with E-state index in [2.05, 4.69) is 36.0 Å². The number of carbonyl (C=O) groups excluding carboxylic acids is 1. The number of piperidine rings is 1. The lowest BCUT2D eigenvalue weighted by Gasteiger charge is -2.36. The minimum absolute atomic E-state index is 0.00439. The maximum absolute atomic E-state index is 12.4. The summed E-state index contributed by atoms with van der Waals surface area (Å²) in [6, 6.07) is 4.07. The van der Waals surface area contributed by atoms with Crippen molar-refractivity contribution in [2.45, 2.75) is 46.6 Å². The standard InChI is InChI=1S/C20H29N3O2S/c1-13-8-14(2)11-23(10-13)12-15(3)21-19(24)9-17-16(4)25-20(22-17)18-6-5-7-26-18/h5-7,13-15H,8-12H2,1-4H3,(H,21,24). The van der Waals surface area contributed by atoms with Gasteiger partial charge in [0.1, 0.15) is 5.76 Å².